The van der Waals surface area contributed by atoms with Gasteiger partial charge in [0.1, 0.15) is 0 Å². The van der Waals surface area contributed by atoms with E-state index in [0.717, 1.165) is 0 Å². The molecule has 0 aromatic heterocycles. The fraction of sp³-hybridized carbons (Fsp3) is 0.0500. The Labute approximate surface area is 157 Å². The van der Waals surface area contributed by atoms with Crippen molar-refractivity contribution < 1.29 is 18.4 Å². The molecule has 0 aliphatic rings. The number of carbonyl (C=O) groups excluding carboxylic acids is 1. The van der Waals surface area contributed by atoms with E-state index >= 15 is 0 Å². The molecule has 3 N–H and O–H groups in total. The molecule has 7 heteroatoms. The van der Waals surface area contributed by atoms with Gasteiger partial charge in [-0.2, -0.15) is 0 Å². The highest BCUT2D eigenvalue weighted by Gasteiger charge is 2.23. The highest BCUT2D eigenvalue weighted by molar-refractivity contribution is 7.92. The van der Waals surface area contributed by atoms with Crippen LogP contribution in [0.5, 0.6) is 0 Å². The second kappa shape index (κ2) is 8.03. The number of anilines is 1. The average Bonchev–Trinajstić information content (AvgIpc) is 2.69. The van der Waals surface area contributed by atoms with Crippen molar-refractivity contribution >= 4 is 21.6 Å². The average molecular weight is 382 g/mol. The Morgan fingerprint density at radius 2 is 1.41 bits per heavy atom. The van der Waals surface area contributed by atoms with Crippen LogP contribution in [0.1, 0.15) is 17.0 Å². The third kappa shape index (κ3) is 4.33. The standard InChI is InChI=1S/C20H18N2O4S/c23-20(21-24)19(15-8-3-1-4-9-15)16-10-7-11-17(14-16)22-27(25,26)18-12-5-2-6-13-18/h1-14,19,22,24H,(H,21,23). The Balaban J connectivity index is 1.95. The first-order valence-electron chi connectivity index (χ1n) is 8.18. The molecule has 0 heterocycles. The summed E-state index contributed by atoms with van der Waals surface area (Å²) < 4.78 is 27.5. The first-order valence-corrected chi connectivity index (χ1v) is 9.66. The molecule has 1 unspecified atom stereocenters. The third-order valence-corrected chi connectivity index (χ3v) is 5.43. The largest absolute Gasteiger partial charge is 0.289 e. The van der Waals surface area contributed by atoms with Crippen LogP contribution in [0, 0.1) is 0 Å². The molecule has 1 atom stereocenters. The number of hydroxylamine groups is 1. The number of amides is 1. The molecule has 3 rings (SSSR count). The van der Waals surface area contributed by atoms with Crippen molar-refractivity contribution in [2.75, 3.05) is 4.72 Å². The molecular weight excluding hydrogens is 364 g/mol. The quantitative estimate of drug-likeness (QED) is 0.451. The van der Waals surface area contributed by atoms with E-state index in [4.69, 9.17) is 5.21 Å². The van der Waals surface area contributed by atoms with Gasteiger partial charge in [0.05, 0.1) is 10.8 Å². The Morgan fingerprint density at radius 3 is 2.04 bits per heavy atom. The molecule has 27 heavy (non-hydrogen) atoms. The van der Waals surface area contributed by atoms with Gasteiger partial charge < -0.3 is 0 Å². The van der Waals surface area contributed by atoms with Crippen LogP contribution in [0.15, 0.2) is 89.8 Å². The summed E-state index contributed by atoms with van der Waals surface area (Å²) >= 11 is 0. The van der Waals surface area contributed by atoms with E-state index in [-0.39, 0.29) is 4.90 Å². The van der Waals surface area contributed by atoms with Crippen molar-refractivity contribution in [2.24, 2.45) is 0 Å². The van der Waals surface area contributed by atoms with Crippen molar-refractivity contribution in [1.29, 1.82) is 0 Å². The second-order valence-electron chi connectivity index (χ2n) is 5.86. The summed E-state index contributed by atoms with van der Waals surface area (Å²) in [6.45, 7) is 0. The maximum Gasteiger partial charge on any atom is 0.261 e. The van der Waals surface area contributed by atoms with E-state index in [9.17, 15) is 13.2 Å². The van der Waals surface area contributed by atoms with E-state index in [1.807, 2.05) is 6.07 Å². The first-order chi connectivity index (χ1) is 13.0. The van der Waals surface area contributed by atoms with Crippen LogP contribution < -0.4 is 10.2 Å². The van der Waals surface area contributed by atoms with Gasteiger partial charge in [-0.25, -0.2) is 13.9 Å². The summed E-state index contributed by atoms with van der Waals surface area (Å²) in [5.74, 6) is -1.39. The number of sulfonamides is 1. The van der Waals surface area contributed by atoms with Crippen LogP contribution in [-0.2, 0) is 14.8 Å². The summed E-state index contributed by atoms with van der Waals surface area (Å²) in [7, 11) is -3.75. The van der Waals surface area contributed by atoms with Gasteiger partial charge in [-0.05, 0) is 35.4 Å². The normalized spacial score (nSPS) is 12.2. The predicted molar refractivity (Wildman–Crippen MR) is 102 cm³/mol. The van der Waals surface area contributed by atoms with Gasteiger partial charge in [-0.3, -0.25) is 14.7 Å². The van der Waals surface area contributed by atoms with Crippen LogP contribution in [0.4, 0.5) is 5.69 Å². The van der Waals surface area contributed by atoms with Gasteiger partial charge in [0, 0.05) is 5.69 Å². The Hall–Kier alpha value is -3.16. The fourth-order valence-corrected chi connectivity index (χ4v) is 3.87. The highest BCUT2D eigenvalue weighted by Crippen LogP contribution is 2.27. The first kappa shape index (κ1) is 18.6. The van der Waals surface area contributed by atoms with Crippen molar-refractivity contribution in [1.82, 2.24) is 5.48 Å². The van der Waals surface area contributed by atoms with Gasteiger partial charge >= 0.3 is 0 Å². The Morgan fingerprint density at radius 1 is 0.815 bits per heavy atom. The van der Waals surface area contributed by atoms with Crippen LogP contribution >= 0.6 is 0 Å². The SMILES string of the molecule is O=C(NO)C(c1ccccc1)c1cccc(NS(=O)(=O)c2ccccc2)c1. The fourth-order valence-electron chi connectivity index (χ4n) is 2.80. The summed E-state index contributed by atoms with van der Waals surface area (Å²) in [5, 5.41) is 9.12. The molecule has 3 aromatic rings. The molecule has 0 saturated heterocycles. The molecule has 0 bridgehead atoms. The Bertz CT molecular complexity index is 1020. The molecule has 3 aromatic carbocycles. The smallest absolute Gasteiger partial charge is 0.261 e. The molecule has 0 saturated carbocycles. The molecule has 138 valence electrons. The number of hydrogen-bond donors (Lipinski definition) is 3. The van der Waals surface area contributed by atoms with Crippen LogP contribution in [0.25, 0.3) is 0 Å². The monoisotopic (exact) mass is 382 g/mol. The van der Waals surface area contributed by atoms with Crippen LogP contribution in [-0.4, -0.2) is 19.5 Å². The number of benzene rings is 3. The molecular formula is C20H18N2O4S. The van der Waals surface area contributed by atoms with Crippen molar-refractivity contribution in [3.63, 3.8) is 0 Å². The molecule has 0 aliphatic heterocycles. The zero-order valence-electron chi connectivity index (χ0n) is 14.2. The third-order valence-electron chi connectivity index (χ3n) is 4.03. The van der Waals surface area contributed by atoms with Crippen LogP contribution in [0.3, 0.4) is 0 Å². The second-order valence-corrected chi connectivity index (χ2v) is 7.55. The lowest BCUT2D eigenvalue weighted by molar-refractivity contribution is -0.129. The van der Waals surface area contributed by atoms with Gasteiger partial charge in [-0.15, -0.1) is 0 Å². The molecule has 6 nitrogen and oxygen atoms in total. The van der Waals surface area contributed by atoms with Gasteiger partial charge in [0.15, 0.2) is 0 Å². The van der Waals surface area contributed by atoms with E-state index in [0.29, 0.717) is 16.8 Å². The molecule has 0 fully saturated rings. The maximum absolute atomic E-state index is 12.5. The van der Waals surface area contributed by atoms with Crippen molar-refractivity contribution in [2.45, 2.75) is 10.8 Å². The zero-order chi connectivity index (χ0) is 19.3. The lowest BCUT2D eigenvalue weighted by Gasteiger charge is -2.17. The van der Waals surface area contributed by atoms with Crippen molar-refractivity contribution in [3.05, 3.63) is 96.1 Å². The number of hydrogen-bond acceptors (Lipinski definition) is 4. The zero-order valence-corrected chi connectivity index (χ0v) is 15.1. The van der Waals surface area contributed by atoms with Crippen LogP contribution in [0.2, 0.25) is 0 Å². The van der Waals surface area contributed by atoms with E-state index < -0.39 is 21.8 Å². The topological polar surface area (TPSA) is 95.5 Å². The summed E-state index contributed by atoms with van der Waals surface area (Å²) in [5.41, 5.74) is 3.22. The van der Waals surface area contributed by atoms with Gasteiger partial charge in [0.2, 0.25) is 0 Å². The summed E-state index contributed by atoms with van der Waals surface area (Å²) in [4.78, 5) is 12.4. The van der Waals surface area contributed by atoms with Crippen molar-refractivity contribution in [3.8, 4) is 0 Å². The maximum atomic E-state index is 12.5. The van der Waals surface area contributed by atoms with E-state index in [1.165, 1.54) is 12.1 Å². The number of carbonyl (C=O) groups is 1. The van der Waals surface area contributed by atoms with Gasteiger partial charge in [-0.1, -0.05) is 60.7 Å². The highest BCUT2D eigenvalue weighted by atomic mass is 32.2. The summed E-state index contributed by atoms with van der Waals surface area (Å²) in [6.07, 6.45) is 0. The predicted octanol–water partition coefficient (Wildman–Crippen LogP) is 3.12. The lowest BCUT2D eigenvalue weighted by atomic mass is 9.90. The number of rotatable bonds is 6. The number of nitrogens with one attached hydrogen (secondary N) is 2. The minimum atomic E-state index is -3.75. The molecule has 0 radical (unpaired) electrons. The van der Waals surface area contributed by atoms with E-state index in [1.54, 1.807) is 72.2 Å². The Kier molecular flexibility index (Phi) is 5.54. The summed E-state index contributed by atoms with van der Waals surface area (Å²) in [6, 6.07) is 23.5. The molecule has 1 amide bonds. The van der Waals surface area contributed by atoms with Gasteiger partial charge in [0.25, 0.3) is 15.9 Å². The lowest BCUT2D eigenvalue weighted by Crippen LogP contribution is -2.27. The molecule has 0 spiro atoms. The van der Waals surface area contributed by atoms with E-state index in [2.05, 4.69) is 4.72 Å². The molecule has 0 aliphatic carbocycles. The minimum absolute atomic E-state index is 0.142. The minimum Gasteiger partial charge on any atom is -0.289 e.